The van der Waals surface area contributed by atoms with Crippen LogP contribution in [0.25, 0.3) is 0 Å². The van der Waals surface area contributed by atoms with Gasteiger partial charge in [-0.05, 0) is 6.42 Å². The molecule has 0 saturated heterocycles. The maximum atomic E-state index is 11.0. The number of rotatable bonds is 9. The van der Waals surface area contributed by atoms with Crippen LogP contribution >= 0.6 is 0 Å². The topological polar surface area (TPSA) is 67.8 Å². The molecule has 0 aliphatic carbocycles. The van der Waals surface area contributed by atoms with Gasteiger partial charge >= 0.3 is 0 Å². The van der Waals surface area contributed by atoms with Crippen molar-refractivity contribution in [2.45, 2.75) is 13.3 Å². The molecule has 0 rings (SSSR count). The van der Waals surface area contributed by atoms with Gasteiger partial charge in [-0.1, -0.05) is 6.92 Å². The molecule has 0 aromatic heterocycles. The standard InChI is InChI=1S/C9H19NO4/c1-2-5-14-8-9(12)10-3-6-13-7-4-11/h11H,2-8H2,1H3,(H,10,12). The van der Waals surface area contributed by atoms with Gasteiger partial charge in [-0.25, -0.2) is 0 Å². The monoisotopic (exact) mass is 205 g/mol. The molecule has 2 N–H and O–H groups in total. The Morgan fingerprint density at radius 2 is 2.07 bits per heavy atom. The molecule has 0 aromatic rings. The first-order valence-corrected chi connectivity index (χ1v) is 4.84. The van der Waals surface area contributed by atoms with Crippen LogP contribution in [0.15, 0.2) is 0 Å². The van der Waals surface area contributed by atoms with Crippen molar-refractivity contribution in [1.29, 1.82) is 0 Å². The van der Waals surface area contributed by atoms with E-state index in [-0.39, 0.29) is 19.1 Å². The van der Waals surface area contributed by atoms with Gasteiger partial charge in [0.25, 0.3) is 0 Å². The minimum atomic E-state index is -0.133. The molecule has 0 heterocycles. The van der Waals surface area contributed by atoms with Crippen LogP contribution in [0, 0.1) is 0 Å². The summed E-state index contributed by atoms with van der Waals surface area (Å²) < 4.78 is 9.98. The third-order valence-corrected chi connectivity index (χ3v) is 1.39. The van der Waals surface area contributed by atoms with E-state index in [0.717, 1.165) is 6.42 Å². The number of ether oxygens (including phenoxy) is 2. The Morgan fingerprint density at radius 3 is 2.71 bits per heavy atom. The maximum absolute atomic E-state index is 11.0. The van der Waals surface area contributed by atoms with E-state index in [1.54, 1.807) is 0 Å². The average Bonchev–Trinajstić information content (AvgIpc) is 2.18. The van der Waals surface area contributed by atoms with Gasteiger partial charge in [0.05, 0.1) is 19.8 Å². The van der Waals surface area contributed by atoms with Crippen molar-refractivity contribution < 1.29 is 19.4 Å². The zero-order valence-corrected chi connectivity index (χ0v) is 8.62. The highest BCUT2D eigenvalue weighted by Crippen LogP contribution is 1.80. The summed E-state index contributed by atoms with van der Waals surface area (Å²) in [6.45, 7) is 3.88. The number of aliphatic hydroxyl groups excluding tert-OH is 1. The summed E-state index contributed by atoms with van der Waals surface area (Å²) in [6.07, 6.45) is 0.910. The Morgan fingerprint density at radius 1 is 1.29 bits per heavy atom. The molecule has 0 radical (unpaired) electrons. The minimum absolute atomic E-state index is 0.00750. The molecular weight excluding hydrogens is 186 g/mol. The molecule has 0 saturated carbocycles. The Hall–Kier alpha value is -0.650. The third kappa shape index (κ3) is 9.44. The predicted molar refractivity (Wildman–Crippen MR) is 52.0 cm³/mol. The van der Waals surface area contributed by atoms with Crippen LogP contribution in [-0.4, -0.2) is 50.6 Å². The largest absolute Gasteiger partial charge is 0.394 e. The van der Waals surface area contributed by atoms with E-state index < -0.39 is 0 Å². The van der Waals surface area contributed by atoms with Crippen LogP contribution in [0.3, 0.4) is 0 Å². The van der Waals surface area contributed by atoms with Crippen LogP contribution in [0.2, 0.25) is 0 Å². The zero-order valence-electron chi connectivity index (χ0n) is 8.62. The maximum Gasteiger partial charge on any atom is 0.246 e. The van der Waals surface area contributed by atoms with Gasteiger partial charge in [0.2, 0.25) is 5.91 Å². The van der Waals surface area contributed by atoms with Gasteiger partial charge in [0, 0.05) is 13.2 Å². The number of hydrogen-bond donors (Lipinski definition) is 2. The lowest BCUT2D eigenvalue weighted by Crippen LogP contribution is -2.30. The number of aliphatic hydroxyl groups is 1. The lowest BCUT2D eigenvalue weighted by atomic mass is 10.5. The van der Waals surface area contributed by atoms with Gasteiger partial charge in [0.1, 0.15) is 6.61 Å². The van der Waals surface area contributed by atoms with E-state index in [9.17, 15) is 4.79 Å². The third-order valence-electron chi connectivity index (χ3n) is 1.39. The minimum Gasteiger partial charge on any atom is -0.394 e. The Kier molecular flexibility index (Phi) is 9.95. The smallest absolute Gasteiger partial charge is 0.246 e. The molecule has 0 bridgehead atoms. The average molecular weight is 205 g/mol. The van der Waals surface area contributed by atoms with Gasteiger partial charge in [-0.3, -0.25) is 4.79 Å². The summed E-state index contributed by atoms with van der Waals surface area (Å²) in [5.74, 6) is -0.133. The van der Waals surface area contributed by atoms with Crippen molar-refractivity contribution in [1.82, 2.24) is 5.32 Å². The Bertz CT molecular complexity index is 141. The first kappa shape index (κ1) is 13.4. The molecule has 5 heteroatoms. The number of nitrogens with one attached hydrogen (secondary N) is 1. The molecule has 0 aliphatic rings. The highest BCUT2D eigenvalue weighted by atomic mass is 16.5. The summed E-state index contributed by atoms with van der Waals surface area (Å²) in [5.41, 5.74) is 0. The second kappa shape index (κ2) is 10.4. The van der Waals surface area contributed by atoms with E-state index >= 15 is 0 Å². The molecule has 0 aromatic carbocycles. The molecule has 0 atom stereocenters. The van der Waals surface area contributed by atoms with Crippen LogP contribution in [0.4, 0.5) is 0 Å². The normalized spacial score (nSPS) is 10.1. The first-order valence-electron chi connectivity index (χ1n) is 4.84. The molecule has 0 unspecified atom stereocenters. The Balaban J connectivity index is 3.10. The van der Waals surface area contributed by atoms with Crippen LogP contribution in [0.5, 0.6) is 0 Å². The van der Waals surface area contributed by atoms with Crippen LogP contribution in [0.1, 0.15) is 13.3 Å². The van der Waals surface area contributed by atoms with Crippen molar-refractivity contribution in [2.75, 3.05) is 39.6 Å². The van der Waals surface area contributed by atoms with Gasteiger partial charge in [-0.2, -0.15) is 0 Å². The van der Waals surface area contributed by atoms with Crippen molar-refractivity contribution in [3.63, 3.8) is 0 Å². The predicted octanol–water partition coefficient (Wildman–Crippen LogP) is -0.462. The zero-order chi connectivity index (χ0) is 10.6. The van der Waals surface area contributed by atoms with Crippen LogP contribution < -0.4 is 5.32 Å². The van der Waals surface area contributed by atoms with E-state index in [4.69, 9.17) is 14.6 Å². The fourth-order valence-electron chi connectivity index (χ4n) is 0.789. The molecule has 0 spiro atoms. The van der Waals surface area contributed by atoms with Crippen molar-refractivity contribution >= 4 is 5.91 Å². The number of carbonyl (C=O) groups is 1. The highest BCUT2D eigenvalue weighted by molar-refractivity contribution is 5.77. The summed E-state index contributed by atoms with van der Waals surface area (Å²) in [6, 6.07) is 0. The summed E-state index contributed by atoms with van der Waals surface area (Å²) in [7, 11) is 0. The van der Waals surface area contributed by atoms with E-state index in [0.29, 0.717) is 26.4 Å². The quantitative estimate of drug-likeness (QED) is 0.500. The van der Waals surface area contributed by atoms with Crippen molar-refractivity contribution in [2.24, 2.45) is 0 Å². The molecular formula is C9H19NO4. The van der Waals surface area contributed by atoms with Gasteiger partial charge in [-0.15, -0.1) is 0 Å². The van der Waals surface area contributed by atoms with E-state index in [1.165, 1.54) is 0 Å². The lowest BCUT2D eigenvalue weighted by Gasteiger charge is -2.05. The molecule has 84 valence electrons. The van der Waals surface area contributed by atoms with E-state index in [1.807, 2.05) is 6.92 Å². The SMILES string of the molecule is CCCOCC(=O)NCCOCCO. The summed E-state index contributed by atoms with van der Waals surface area (Å²) in [5, 5.41) is 11.0. The molecule has 5 nitrogen and oxygen atoms in total. The number of hydrogen-bond acceptors (Lipinski definition) is 4. The molecule has 14 heavy (non-hydrogen) atoms. The number of amides is 1. The second-order valence-corrected chi connectivity index (χ2v) is 2.74. The molecule has 0 fully saturated rings. The number of carbonyl (C=O) groups excluding carboxylic acids is 1. The second-order valence-electron chi connectivity index (χ2n) is 2.74. The van der Waals surface area contributed by atoms with Crippen molar-refractivity contribution in [3.05, 3.63) is 0 Å². The fraction of sp³-hybridized carbons (Fsp3) is 0.889. The summed E-state index contributed by atoms with van der Waals surface area (Å²) >= 11 is 0. The van der Waals surface area contributed by atoms with Gasteiger partial charge in [0.15, 0.2) is 0 Å². The van der Waals surface area contributed by atoms with Crippen molar-refractivity contribution in [3.8, 4) is 0 Å². The lowest BCUT2D eigenvalue weighted by molar-refractivity contribution is -0.125. The van der Waals surface area contributed by atoms with E-state index in [2.05, 4.69) is 5.32 Å². The molecule has 0 aliphatic heterocycles. The first-order chi connectivity index (χ1) is 6.81. The fourth-order valence-corrected chi connectivity index (χ4v) is 0.789. The van der Waals surface area contributed by atoms with Crippen LogP contribution in [-0.2, 0) is 14.3 Å². The highest BCUT2D eigenvalue weighted by Gasteiger charge is 1.99. The molecule has 1 amide bonds. The Labute approximate surface area is 84.4 Å². The summed E-state index contributed by atoms with van der Waals surface area (Å²) in [4.78, 5) is 11.0. The van der Waals surface area contributed by atoms with Gasteiger partial charge < -0.3 is 19.9 Å².